The summed E-state index contributed by atoms with van der Waals surface area (Å²) in [4.78, 5) is 6.36. The molecule has 2 aromatic heterocycles. The average molecular weight is 354 g/mol. The number of nitrogen functional groups attached to an aromatic ring is 1. The SMILES string of the molecule is CC[NH+](CC)CC[n+]1cnc2c(c(C)c(C)n2Cc2ccccc2)c1N. The smallest absolute Gasteiger partial charge is 0.232 e. The van der Waals surface area contributed by atoms with Crippen LogP contribution in [0, 0.1) is 13.8 Å². The summed E-state index contributed by atoms with van der Waals surface area (Å²) in [5.41, 5.74) is 11.3. The van der Waals surface area contributed by atoms with Crippen LogP contribution in [0.25, 0.3) is 11.0 Å². The van der Waals surface area contributed by atoms with Crippen molar-refractivity contribution >= 4 is 16.9 Å². The van der Waals surface area contributed by atoms with E-state index >= 15 is 0 Å². The Morgan fingerprint density at radius 2 is 1.81 bits per heavy atom. The number of fused-ring (bicyclic) bond motifs is 1. The van der Waals surface area contributed by atoms with Crippen molar-refractivity contribution in [2.24, 2.45) is 0 Å². The molecule has 0 aliphatic rings. The fraction of sp³-hybridized carbons (Fsp3) is 0.429. The molecule has 3 aromatic rings. The molecule has 1 aromatic carbocycles. The quantitative estimate of drug-likeness (QED) is 0.633. The second-order valence-corrected chi connectivity index (χ2v) is 7.01. The minimum Gasteiger partial charge on any atom is -0.333 e. The Bertz CT molecular complexity index is 879. The normalized spacial score (nSPS) is 11.6. The molecule has 138 valence electrons. The van der Waals surface area contributed by atoms with Gasteiger partial charge in [-0.05, 0) is 38.8 Å². The summed E-state index contributed by atoms with van der Waals surface area (Å²) < 4.78 is 4.38. The van der Waals surface area contributed by atoms with Gasteiger partial charge in [0.15, 0.2) is 0 Å². The zero-order valence-corrected chi connectivity index (χ0v) is 16.4. The maximum absolute atomic E-state index is 6.56. The van der Waals surface area contributed by atoms with Crippen LogP contribution >= 0.6 is 0 Å². The highest BCUT2D eigenvalue weighted by Crippen LogP contribution is 2.27. The second kappa shape index (κ2) is 7.87. The van der Waals surface area contributed by atoms with Crippen LogP contribution in [0.3, 0.4) is 0 Å². The lowest BCUT2D eigenvalue weighted by atomic mass is 10.2. The highest BCUT2D eigenvalue weighted by atomic mass is 15.2. The molecule has 3 rings (SSSR count). The zero-order chi connectivity index (χ0) is 18.7. The van der Waals surface area contributed by atoms with Gasteiger partial charge in [-0.25, -0.2) is 4.57 Å². The highest BCUT2D eigenvalue weighted by molar-refractivity contribution is 5.89. The summed E-state index contributed by atoms with van der Waals surface area (Å²) in [6.07, 6.45) is 1.90. The minimum absolute atomic E-state index is 0.817. The van der Waals surface area contributed by atoms with Gasteiger partial charge in [-0.15, -0.1) is 0 Å². The lowest BCUT2D eigenvalue weighted by Gasteiger charge is -2.15. The van der Waals surface area contributed by atoms with Crippen molar-refractivity contribution in [3.05, 3.63) is 53.5 Å². The van der Waals surface area contributed by atoms with Crippen molar-refractivity contribution in [1.82, 2.24) is 9.55 Å². The number of quaternary nitrogens is 1. The Labute approximate surface area is 156 Å². The van der Waals surface area contributed by atoms with Crippen LogP contribution in [-0.2, 0) is 13.1 Å². The van der Waals surface area contributed by atoms with Crippen LogP contribution in [0.2, 0.25) is 0 Å². The molecule has 0 saturated heterocycles. The van der Waals surface area contributed by atoms with Crippen LogP contribution in [0.5, 0.6) is 0 Å². The number of likely N-dealkylation sites (N-methyl/N-ethyl adjacent to an activating group) is 1. The number of rotatable bonds is 7. The molecule has 0 unspecified atom stereocenters. The molecule has 0 spiro atoms. The van der Waals surface area contributed by atoms with Crippen LogP contribution in [0.15, 0.2) is 36.7 Å². The van der Waals surface area contributed by atoms with Crippen molar-refractivity contribution in [2.75, 3.05) is 25.4 Å². The van der Waals surface area contributed by atoms with Gasteiger partial charge in [0.05, 0.1) is 19.6 Å². The lowest BCUT2D eigenvalue weighted by molar-refractivity contribution is -0.915. The third kappa shape index (κ3) is 3.44. The van der Waals surface area contributed by atoms with E-state index in [4.69, 9.17) is 10.7 Å². The van der Waals surface area contributed by atoms with Crippen molar-refractivity contribution in [3.63, 3.8) is 0 Å². The number of benzene rings is 1. The van der Waals surface area contributed by atoms with E-state index < -0.39 is 0 Å². The van der Waals surface area contributed by atoms with Gasteiger partial charge in [-0.2, -0.15) is 0 Å². The molecule has 5 nitrogen and oxygen atoms in total. The summed E-state index contributed by atoms with van der Waals surface area (Å²) >= 11 is 0. The second-order valence-electron chi connectivity index (χ2n) is 7.01. The van der Waals surface area contributed by atoms with Crippen molar-refractivity contribution in [3.8, 4) is 0 Å². The van der Waals surface area contributed by atoms with Gasteiger partial charge in [0.2, 0.25) is 17.8 Å². The molecule has 0 saturated carbocycles. The summed E-state index contributed by atoms with van der Waals surface area (Å²) in [7, 11) is 0. The molecule has 3 N–H and O–H groups in total. The first-order valence-electron chi connectivity index (χ1n) is 9.57. The summed E-state index contributed by atoms with van der Waals surface area (Å²) in [5, 5.41) is 1.09. The molecule has 5 heteroatoms. The van der Waals surface area contributed by atoms with E-state index in [-0.39, 0.29) is 0 Å². The topological polar surface area (TPSA) is 52.2 Å². The van der Waals surface area contributed by atoms with E-state index in [2.05, 4.69) is 61.1 Å². The Hall–Kier alpha value is -2.40. The minimum atomic E-state index is 0.817. The van der Waals surface area contributed by atoms with E-state index in [1.54, 1.807) is 4.90 Å². The van der Waals surface area contributed by atoms with Gasteiger partial charge < -0.3 is 15.2 Å². The van der Waals surface area contributed by atoms with Gasteiger partial charge in [0.25, 0.3) is 0 Å². The first-order valence-corrected chi connectivity index (χ1v) is 9.57. The fourth-order valence-electron chi connectivity index (χ4n) is 3.64. The molecule has 0 radical (unpaired) electrons. The molecule has 0 aliphatic heterocycles. The molecule has 0 amide bonds. The molecule has 0 bridgehead atoms. The predicted octanol–water partition coefficient (Wildman–Crippen LogP) is 1.50. The van der Waals surface area contributed by atoms with Crippen LogP contribution in [0.1, 0.15) is 30.7 Å². The van der Waals surface area contributed by atoms with Gasteiger partial charge in [0.1, 0.15) is 18.5 Å². The highest BCUT2D eigenvalue weighted by Gasteiger charge is 2.22. The predicted molar refractivity (Wildman–Crippen MR) is 106 cm³/mol. The molecule has 26 heavy (non-hydrogen) atoms. The van der Waals surface area contributed by atoms with E-state index in [1.807, 2.05) is 12.4 Å². The van der Waals surface area contributed by atoms with Crippen LogP contribution in [-0.4, -0.2) is 29.2 Å². The summed E-state index contributed by atoms with van der Waals surface area (Å²) in [6.45, 7) is 13.8. The van der Waals surface area contributed by atoms with Crippen molar-refractivity contribution in [2.45, 2.75) is 40.8 Å². The number of anilines is 1. The molecule has 2 heterocycles. The Balaban J connectivity index is 1.97. The first-order chi connectivity index (χ1) is 12.6. The van der Waals surface area contributed by atoms with Gasteiger partial charge in [0, 0.05) is 5.69 Å². The fourth-order valence-corrected chi connectivity index (χ4v) is 3.64. The van der Waals surface area contributed by atoms with Crippen LogP contribution < -0.4 is 15.2 Å². The first kappa shape index (κ1) is 18.4. The Morgan fingerprint density at radius 3 is 2.46 bits per heavy atom. The third-order valence-corrected chi connectivity index (χ3v) is 5.58. The summed E-state index contributed by atoms with van der Waals surface area (Å²) in [6, 6.07) is 10.5. The van der Waals surface area contributed by atoms with E-state index in [1.165, 1.54) is 16.8 Å². The average Bonchev–Trinajstić information content (AvgIpc) is 2.90. The zero-order valence-electron chi connectivity index (χ0n) is 16.4. The van der Waals surface area contributed by atoms with Gasteiger partial charge in [-0.3, -0.25) is 0 Å². The number of hydrogen-bond acceptors (Lipinski definition) is 2. The number of nitrogens with one attached hydrogen (secondary N) is 1. The van der Waals surface area contributed by atoms with Gasteiger partial charge >= 0.3 is 0 Å². The Kier molecular flexibility index (Phi) is 5.57. The molecular weight excluding hydrogens is 322 g/mol. The number of nitrogens with zero attached hydrogens (tertiary/aromatic N) is 3. The monoisotopic (exact) mass is 353 g/mol. The number of nitrogens with two attached hydrogens (primary N) is 1. The number of aryl methyl sites for hydroxylation is 1. The maximum Gasteiger partial charge on any atom is 0.232 e. The molecule has 0 atom stereocenters. The Morgan fingerprint density at radius 1 is 1.12 bits per heavy atom. The van der Waals surface area contributed by atoms with E-state index in [0.717, 1.165) is 49.6 Å². The summed E-state index contributed by atoms with van der Waals surface area (Å²) in [5.74, 6) is 0.828. The molecular formula is C21H31N5+2. The molecule has 0 aliphatic carbocycles. The standard InChI is InChI=1S/C21H29N5/c1-5-24(6-2)12-13-25-15-23-21-19(20(25)22)16(3)17(4)26(21)14-18-10-8-7-9-11-18/h7-11,15,22H,5-6,12-14H2,1-4H3/p+2. The third-order valence-electron chi connectivity index (χ3n) is 5.58. The van der Waals surface area contributed by atoms with E-state index in [0.29, 0.717) is 0 Å². The van der Waals surface area contributed by atoms with E-state index in [9.17, 15) is 0 Å². The maximum atomic E-state index is 6.56. The van der Waals surface area contributed by atoms with Crippen molar-refractivity contribution in [1.29, 1.82) is 0 Å². The molecule has 0 fully saturated rings. The number of hydrogen-bond donors (Lipinski definition) is 2. The van der Waals surface area contributed by atoms with Crippen molar-refractivity contribution < 1.29 is 9.47 Å². The number of aromatic nitrogens is 3. The largest absolute Gasteiger partial charge is 0.333 e. The van der Waals surface area contributed by atoms with Gasteiger partial charge in [-0.1, -0.05) is 35.3 Å². The van der Waals surface area contributed by atoms with Crippen LogP contribution in [0.4, 0.5) is 5.82 Å². The lowest BCUT2D eigenvalue weighted by Crippen LogP contribution is -3.12.